The van der Waals surface area contributed by atoms with E-state index in [9.17, 15) is 4.79 Å². The molecule has 1 saturated heterocycles. The van der Waals surface area contributed by atoms with Crippen molar-refractivity contribution in [3.05, 3.63) is 47.6 Å². The maximum absolute atomic E-state index is 12.3. The summed E-state index contributed by atoms with van der Waals surface area (Å²) < 4.78 is 11.3. The molecule has 0 bridgehead atoms. The fourth-order valence-electron chi connectivity index (χ4n) is 3.99. The van der Waals surface area contributed by atoms with Gasteiger partial charge in [0, 0.05) is 25.9 Å². The van der Waals surface area contributed by atoms with Crippen molar-refractivity contribution in [1.82, 2.24) is 15.0 Å². The van der Waals surface area contributed by atoms with Gasteiger partial charge in [-0.1, -0.05) is 48.3 Å². The van der Waals surface area contributed by atoms with E-state index in [1.165, 1.54) is 31.2 Å². The highest BCUT2D eigenvalue weighted by molar-refractivity contribution is 5.77. The Labute approximate surface area is 166 Å². The van der Waals surface area contributed by atoms with Crippen molar-refractivity contribution in [2.45, 2.75) is 63.4 Å². The summed E-state index contributed by atoms with van der Waals surface area (Å²) >= 11 is 0. The molecule has 1 saturated carbocycles. The van der Waals surface area contributed by atoms with Crippen molar-refractivity contribution in [2.24, 2.45) is 0 Å². The number of carbonyl (C=O) groups excluding carboxylic acids is 1. The lowest BCUT2D eigenvalue weighted by Gasteiger charge is -2.37. The Morgan fingerprint density at radius 1 is 1.14 bits per heavy atom. The quantitative estimate of drug-likeness (QED) is 0.663. The number of benzene rings is 1. The number of carbonyl (C=O) groups is 1. The van der Waals surface area contributed by atoms with Gasteiger partial charge in [0.05, 0.1) is 18.6 Å². The largest absolute Gasteiger partial charge is 0.378 e. The molecule has 2 aliphatic rings. The van der Waals surface area contributed by atoms with Crippen LogP contribution in [0.1, 0.15) is 61.7 Å². The van der Waals surface area contributed by atoms with E-state index in [-0.39, 0.29) is 11.8 Å². The van der Waals surface area contributed by atoms with Crippen LogP contribution >= 0.6 is 0 Å². The number of aryl methyl sites for hydroxylation is 1. The Morgan fingerprint density at radius 3 is 2.71 bits per heavy atom. The maximum Gasteiger partial charge on any atom is 0.233 e. The molecule has 1 aliphatic carbocycles. The average molecular weight is 383 g/mol. The van der Waals surface area contributed by atoms with Crippen LogP contribution in [-0.4, -0.2) is 46.7 Å². The fourth-order valence-corrected chi connectivity index (χ4v) is 3.99. The van der Waals surface area contributed by atoms with Crippen molar-refractivity contribution in [3.63, 3.8) is 0 Å². The first-order chi connectivity index (χ1) is 13.8. The molecule has 2 fully saturated rings. The Bertz CT molecular complexity index is 749. The van der Waals surface area contributed by atoms with Gasteiger partial charge in [0.1, 0.15) is 0 Å². The molecule has 6 heteroatoms. The molecule has 2 heterocycles. The standard InChI is InChI=1S/C22H29N3O3/c26-21(12-6-9-17-7-2-1-3-8-17)25-15-18(16-25)22-23-20(24-28-22)13-14-27-19-10-4-5-11-19/h1-3,7-8,18-19H,4-6,9-16H2. The number of amides is 1. The van der Waals surface area contributed by atoms with E-state index >= 15 is 0 Å². The van der Waals surface area contributed by atoms with Gasteiger partial charge in [-0.3, -0.25) is 4.79 Å². The maximum atomic E-state index is 12.3. The fraction of sp³-hybridized carbons (Fsp3) is 0.591. The van der Waals surface area contributed by atoms with Gasteiger partial charge >= 0.3 is 0 Å². The molecule has 2 aromatic rings. The van der Waals surface area contributed by atoms with Gasteiger partial charge < -0.3 is 14.2 Å². The summed E-state index contributed by atoms with van der Waals surface area (Å²) in [6.45, 7) is 2.02. The van der Waals surface area contributed by atoms with Crippen LogP contribution in [0.4, 0.5) is 0 Å². The smallest absolute Gasteiger partial charge is 0.233 e. The monoisotopic (exact) mass is 383 g/mol. The molecule has 0 unspecified atom stereocenters. The minimum Gasteiger partial charge on any atom is -0.378 e. The molecule has 1 amide bonds. The van der Waals surface area contributed by atoms with E-state index < -0.39 is 0 Å². The average Bonchev–Trinajstić information content (AvgIpc) is 3.34. The first-order valence-corrected chi connectivity index (χ1v) is 10.5. The molecular formula is C22H29N3O3. The third kappa shape index (κ3) is 4.98. The lowest BCUT2D eigenvalue weighted by Crippen LogP contribution is -2.48. The van der Waals surface area contributed by atoms with Crippen molar-refractivity contribution < 1.29 is 14.1 Å². The van der Waals surface area contributed by atoms with Crippen molar-refractivity contribution in [1.29, 1.82) is 0 Å². The van der Waals surface area contributed by atoms with E-state index in [1.54, 1.807) is 0 Å². The summed E-state index contributed by atoms with van der Waals surface area (Å²) in [6.07, 6.45) is 8.43. The molecule has 28 heavy (non-hydrogen) atoms. The summed E-state index contributed by atoms with van der Waals surface area (Å²) in [4.78, 5) is 18.7. The van der Waals surface area contributed by atoms with Gasteiger partial charge in [0.15, 0.2) is 5.82 Å². The first-order valence-electron chi connectivity index (χ1n) is 10.5. The molecular weight excluding hydrogens is 354 g/mol. The zero-order valence-electron chi connectivity index (χ0n) is 16.4. The third-order valence-electron chi connectivity index (χ3n) is 5.75. The highest BCUT2D eigenvalue weighted by Crippen LogP contribution is 2.27. The van der Waals surface area contributed by atoms with Crippen molar-refractivity contribution in [3.8, 4) is 0 Å². The molecule has 1 aliphatic heterocycles. The van der Waals surface area contributed by atoms with Crippen molar-refractivity contribution in [2.75, 3.05) is 19.7 Å². The van der Waals surface area contributed by atoms with Crippen LogP contribution in [0.15, 0.2) is 34.9 Å². The molecule has 0 atom stereocenters. The molecule has 4 rings (SSSR count). The zero-order valence-corrected chi connectivity index (χ0v) is 16.4. The Balaban J connectivity index is 1.13. The summed E-state index contributed by atoms with van der Waals surface area (Å²) in [5.41, 5.74) is 1.28. The lowest BCUT2D eigenvalue weighted by atomic mass is 9.99. The van der Waals surface area contributed by atoms with Crippen LogP contribution in [0.2, 0.25) is 0 Å². The highest BCUT2D eigenvalue weighted by atomic mass is 16.5. The van der Waals surface area contributed by atoms with Crippen LogP contribution < -0.4 is 0 Å². The summed E-state index contributed by atoms with van der Waals surface area (Å²) in [5, 5.41) is 4.07. The predicted octanol–water partition coefficient (Wildman–Crippen LogP) is 3.52. The second-order valence-corrected chi connectivity index (χ2v) is 7.91. The number of ether oxygens (including phenoxy) is 1. The normalized spacial score (nSPS) is 17.8. The molecule has 0 radical (unpaired) electrons. The zero-order chi connectivity index (χ0) is 19.2. The van der Waals surface area contributed by atoms with Gasteiger partial charge in [-0.15, -0.1) is 0 Å². The van der Waals surface area contributed by atoms with Gasteiger partial charge in [-0.2, -0.15) is 4.98 Å². The molecule has 150 valence electrons. The molecule has 1 aromatic carbocycles. The Hall–Kier alpha value is -2.21. The number of nitrogens with zero attached hydrogens (tertiary/aromatic N) is 3. The van der Waals surface area contributed by atoms with E-state index in [0.717, 1.165) is 12.8 Å². The van der Waals surface area contributed by atoms with Crippen LogP contribution in [0, 0.1) is 0 Å². The lowest BCUT2D eigenvalue weighted by molar-refractivity contribution is -0.136. The summed E-state index contributed by atoms with van der Waals surface area (Å²) in [6, 6.07) is 10.3. The number of hydrogen-bond donors (Lipinski definition) is 0. The predicted molar refractivity (Wildman–Crippen MR) is 105 cm³/mol. The van der Waals surface area contributed by atoms with Crippen LogP contribution in [-0.2, 0) is 22.4 Å². The van der Waals surface area contributed by atoms with Crippen LogP contribution in [0.3, 0.4) is 0 Å². The van der Waals surface area contributed by atoms with Gasteiger partial charge in [0.2, 0.25) is 11.8 Å². The molecule has 0 N–H and O–H groups in total. The number of hydrogen-bond acceptors (Lipinski definition) is 5. The third-order valence-corrected chi connectivity index (χ3v) is 5.75. The first kappa shape index (κ1) is 19.1. The van der Waals surface area contributed by atoms with E-state index in [1.807, 2.05) is 23.1 Å². The molecule has 0 spiro atoms. The summed E-state index contributed by atoms with van der Waals surface area (Å²) in [5.74, 6) is 1.76. The summed E-state index contributed by atoms with van der Waals surface area (Å²) in [7, 11) is 0. The Kier molecular flexibility index (Phi) is 6.37. The van der Waals surface area contributed by atoms with Crippen molar-refractivity contribution >= 4 is 5.91 Å². The SMILES string of the molecule is O=C(CCCc1ccccc1)N1CC(c2nc(CCOC3CCCC3)no2)C1. The Morgan fingerprint density at radius 2 is 1.93 bits per heavy atom. The highest BCUT2D eigenvalue weighted by Gasteiger charge is 2.35. The minimum atomic E-state index is 0.176. The van der Waals surface area contributed by atoms with Gasteiger partial charge in [-0.05, 0) is 31.2 Å². The van der Waals surface area contributed by atoms with Gasteiger partial charge in [-0.25, -0.2) is 0 Å². The topological polar surface area (TPSA) is 68.5 Å². The van der Waals surface area contributed by atoms with Gasteiger partial charge in [0.25, 0.3) is 0 Å². The van der Waals surface area contributed by atoms with E-state index in [0.29, 0.717) is 50.4 Å². The number of rotatable bonds is 9. The second kappa shape index (κ2) is 9.32. The van der Waals surface area contributed by atoms with Crippen LogP contribution in [0.5, 0.6) is 0 Å². The second-order valence-electron chi connectivity index (χ2n) is 7.91. The molecule has 1 aromatic heterocycles. The molecule has 6 nitrogen and oxygen atoms in total. The van der Waals surface area contributed by atoms with E-state index in [2.05, 4.69) is 22.3 Å². The van der Waals surface area contributed by atoms with E-state index in [4.69, 9.17) is 9.26 Å². The minimum absolute atomic E-state index is 0.176. The van der Waals surface area contributed by atoms with Crippen LogP contribution in [0.25, 0.3) is 0 Å². The number of likely N-dealkylation sites (tertiary alicyclic amines) is 1. The number of aromatic nitrogens is 2.